The summed E-state index contributed by atoms with van der Waals surface area (Å²) >= 11 is 5.98. The van der Waals surface area contributed by atoms with Crippen LogP contribution in [0.15, 0.2) is 22.3 Å². The Morgan fingerprint density at radius 3 is 2.92 bits per heavy atom. The Balaban J connectivity index is 3.17. The summed E-state index contributed by atoms with van der Waals surface area (Å²) in [4.78, 5) is 0. The van der Waals surface area contributed by atoms with E-state index in [1.54, 1.807) is 19.3 Å². The van der Waals surface area contributed by atoms with Crippen molar-refractivity contribution >= 4 is 16.6 Å². The van der Waals surface area contributed by atoms with Crippen molar-refractivity contribution in [2.45, 2.75) is 20.3 Å². The molecule has 0 atom stereocenters. The van der Waals surface area contributed by atoms with Gasteiger partial charge in [0.2, 0.25) is 0 Å². The molecule has 68 valence electrons. The highest BCUT2D eigenvalue weighted by molar-refractivity contribution is 6.49. The van der Waals surface area contributed by atoms with Gasteiger partial charge in [0, 0.05) is 17.6 Å². The summed E-state index contributed by atoms with van der Waals surface area (Å²) < 4.78 is 5.20. The van der Waals surface area contributed by atoms with Crippen LogP contribution in [0.5, 0.6) is 0 Å². The van der Waals surface area contributed by atoms with Gasteiger partial charge in [0.15, 0.2) is 0 Å². The van der Waals surface area contributed by atoms with Crippen LogP contribution in [0.25, 0.3) is 5.03 Å². The molecule has 13 heavy (non-hydrogen) atoms. The SMILES string of the molecule is CCc1occc1/C(Cl)=C(/C)C#N. The predicted octanol–water partition coefficient (Wildman–Crippen LogP) is 3.34. The Labute approximate surface area is 82.4 Å². The van der Waals surface area contributed by atoms with Gasteiger partial charge < -0.3 is 4.42 Å². The van der Waals surface area contributed by atoms with E-state index in [9.17, 15) is 0 Å². The summed E-state index contributed by atoms with van der Waals surface area (Å²) in [7, 11) is 0. The maximum atomic E-state index is 8.64. The van der Waals surface area contributed by atoms with Gasteiger partial charge in [0.1, 0.15) is 5.76 Å². The molecule has 0 aliphatic heterocycles. The van der Waals surface area contributed by atoms with Crippen molar-refractivity contribution in [2.24, 2.45) is 0 Å². The minimum absolute atomic E-state index is 0.480. The normalized spacial score (nSPS) is 12.2. The number of furan rings is 1. The van der Waals surface area contributed by atoms with Crippen LogP contribution in [0.1, 0.15) is 25.2 Å². The first-order valence-electron chi connectivity index (χ1n) is 4.04. The Kier molecular flexibility index (Phi) is 3.16. The molecule has 0 amide bonds. The first kappa shape index (κ1) is 9.88. The van der Waals surface area contributed by atoms with Crippen molar-refractivity contribution in [1.29, 1.82) is 5.26 Å². The Morgan fingerprint density at radius 2 is 2.38 bits per heavy atom. The number of halogens is 1. The first-order chi connectivity index (χ1) is 6.20. The second-order valence-corrected chi connectivity index (χ2v) is 3.04. The van der Waals surface area contributed by atoms with Crippen LogP contribution in [-0.2, 0) is 6.42 Å². The van der Waals surface area contributed by atoms with Crippen LogP contribution in [-0.4, -0.2) is 0 Å². The molecule has 1 aromatic rings. The van der Waals surface area contributed by atoms with Gasteiger partial charge in [-0.3, -0.25) is 0 Å². The molecule has 0 aliphatic rings. The van der Waals surface area contributed by atoms with E-state index in [0.717, 1.165) is 17.7 Å². The van der Waals surface area contributed by atoms with E-state index in [0.29, 0.717) is 10.6 Å². The van der Waals surface area contributed by atoms with Crippen LogP contribution in [0.3, 0.4) is 0 Å². The van der Waals surface area contributed by atoms with Gasteiger partial charge in [-0.05, 0) is 13.0 Å². The molecule has 0 unspecified atom stereocenters. The fraction of sp³-hybridized carbons (Fsp3) is 0.300. The summed E-state index contributed by atoms with van der Waals surface area (Å²) in [5, 5.41) is 9.12. The summed E-state index contributed by atoms with van der Waals surface area (Å²) in [6.07, 6.45) is 2.36. The number of allylic oxidation sites excluding steroid dienone is 1. The minimum Gasteiger partial charge on any atom is -0.469 e. The lowest BCUT2D eigenvalue weighted by molar-refractivity contribution is 0.515. The Hall–Kier alpha value is -1.20. The smallest absolute Gasteiger partial charge is 0.112 e. The van der Waals surface area contributed by atoms with E-state index < -0.39 is 0 Å². The van der Waals surface area contributed by atoms with Gasteiger partial charge in [-0.2, -0.15) is 5.26 Å². The molecule has 1 aromatic heterocycles. The molecule has 3 heteroatoms. The lowest BCUT2D eigenvalue weighted by Gasteiger charge is -1.98. The molecule has 0 spiro atoms. The molecule has 0 aromatic carbocycles. The van der Waals surface area contributed by atoms with Crippen molar-refractivity contribution in [1.82, 2.24) is 0 Å². The largest absolute Gasteiger partial charge is 0.469 e. The zero-order valence-electron chi connectivity index (χ0n) is 7.60. The molecular weight excluding hydrogens is 186 g/mol. The summed E-state index contributed by atoms with van der Waals surface area (Å²) in [6.45, 7) is 3.67. The second kappa shape index (κ2) is 4.15. The van der Waals surface area contributed by atoms with Crippen LogP contribution in [0, 0.1) is 11.3 Å². The number of rotatable bonds is 2. The van der Waals surface area contributed by atoms with Crippen molar-refractivity contribution in [3.63, 3.8) is 0 Å². The van der Waals surface area contributed by atoms with E-state index in [1.807, 2.05) is 13.0 Å². The van der Waals surface area contributed by atoms with E-state index >= 15 is 0 Å². The van der Waals surface area contributed by atoms with Crippen LogP contribution >= 0.6 is 11.6 Å². The maximum absolute atomic E-state index is 8.64. The van der Waals surface area contributed by atoms with Crippen molar-refractivity contribution in [3.8, 4) is 6.07 Å². The fourth-order valence-electron chi connectivity index (χ4n) is 1.06. The van der Waals surface area contributed by atoms with Crippen LogP contribution in [0.2, 0.25) is 0 Å². The van der Waals surface area contributed by atoms with E-state index in [4.69, 9.17) is 21.3 Å². The van der Waals surface area contributed by atoms with Gasteiger partial charge in [-0.25, -0.2) is 0 Å². The molecule has 1 heterocycles. The zero-order chi connectivity index (χ0) is 9.84. The highest BCUT2D eigenvalue weighted by Crippen LogP contribution is 2.27. The van der Waals surface area contributed by atoms with Gasteiger partial charge >= 0.3 is 0 Å². The summed E-state index contributed by atoms with van der Waals surface area (Å²) in [5.41, 5.74) is 1.33. The van der Waals surface area contributed by atoms with Gasteiger partial charge in [0.25, 0.3) is 0 Å². The third kappa shape index (κ3) is 1.93. The third-order valence-corrected chi connectivity index (χ3v) is 2.29. The fourth-order valence-corrected chi connectivity index (χ4v) is 1.27. The number of aryl methyl sites for hydroxylation is 1. The summed E-state index contributed by atoms with van der Waals surface area (Å²) in [5.74, 6) is 0.819. The molecule has 2 nitrogen and oxygen atoms in total. The molecular formula is C10H10ClNO. The van der Waals surface area contributed by atoms with Crippen molar-refractivity contribution in [2.75, 3.05) is 0 Å². The molecule has 0 saturated heterocycles. The predicted molar refractivity (Wildman–Crippen MR) is 52.1 cm³/mol. The standard InChI is InChI=1S/C10H10ClNO/c1-3-9-8(4-5-13-9)10(11)7(2)6-12/h4-5H,3H2,1-2H3/b10-7+. The minimum atomic E-state index is 0.480. The third-order valence-electron chi connectivity index (χ3n) is 1.80. The lowest BCUT2D eigenvalue weighted by Crippen LogP contribution is -1.84. The average Bonchev–Trinajstić information content (AvgIpc) is 2.62. The van der Waals surface area contributed by atoms with Crippen LogP contribution < -0.4 is 0 Å². The number of nitriles is 1. The van der Waals surface area contributed by atoms with Crippen molar-refractivity contribution < 1.29 is 4.42 Å². The molecule has 0 radical (unpaired) electrons. The highest BCUT2D eigenvalue weighted by Gasteiger charge is 2.09. The monoisotopic (exact) mass is 195 g/mol. The maximum Gasteiger partial charge on any atom is 0.112 e. The van der Waals surface area contributed by atoms with E-state index in [1.165, 1.54) is 0 Å². The Bertz CT molecular complexity index is 371. The molecule has 0 aliphatic carbocycles. The van der Waals surface area contributed by atoms with E-state index in [-0.39, 0.29) is 0 Å². The van der Waals surface area contributed by atoms with E-state index in [2.05, 4.69) is 0 Å². The second-order valence-electron chi connectivity index (χ2n) is 2.66. The average molecular weight is 196 g/mol. The van der Waals surface area contributed by atoms with Crippen LogP contribution in [0.4, 0.5) is 0 Å². The number of hydrogen-bond donors (Lipinski definition) is 0. The topological polar surface area (TPSA) is 36.9 Å². The molecule has 0 saturated carbocycles. The summed E-state index contributed by atoms with van der Waals surface area (Å²) in [6, 6.07) is 3.79. The number of hydrogen-bond acceptors (Lipinski definition) is 2. The molecule has 0 fully saturated rings. The van der Waals surface area contributed by atoms with Crippen molar-refractivity contribution in [3.05, 3.63) is 29.2 Å². The van der Waals surface area contributed by atoms with Gasteiger partial charge in [-0.15, -0.1) is 0 Å². The number of nitrogens with zero attached hydrogens (tertiary/aromatic N) is 1. The molecule has 1 rings (SSSR count). The first-order valence-corrected chi connectivity index (χ1v) is 4.41. The molecule has 0 bridgehead atoms. The van der Waals surface area contributed by atoms with Gasteiger partial charge in [0.05, 0.1) is 17.4 Å². The Morgan fingerprint density at radius 1 is 1.69 bits per heavy atom. The zero-order valence-corrected chi connectivity index (χ0v) is 8.35. The quantitative estimate of drug-likeness (QED) is 0.679. The highest BCUT2D eigenvalue weighted by atomic mass is 35.5. The van der Waals surface area contributed by atoms with Gasteiger partial charge in [-0.1, -0.05) is 18.5 Å². The molecule has 0 N–H and O–H groups in total. The lowest BCUT2D eigenvalue weighted by atomic mass is 10.1.